The van der Waals surface area contributed by atoms with Crippen LogP contribution in [-0.2, 0) is 5.67 Å². The Balaban J connectivity index is 2.73. The number of phenolic OH excluding ortho intramolecular Hbond substituents is 1. The maximum absolute atomic E-state index is 13.6. The summed E-state index contributed by atoms with van der Waals surface area (Å²) in [6.07, 6.45) is 0. The Morgan fingerprint density at radius 2 is 2.14 bits per heavy atom. The maximum Gasteiger partial charge on any atom is 0.167 e. The summed E-state index contributed by atoms with van der Waals surface area (Å²) >= 11 is 0. The molecular formula is C10H10FNO2. The molecule has 4 heteroatoms. The molecule has 0 saturated heterocycles. The van der Waals surface area contributed by atoms with Gasteiger partial charge in [-0.2, -0.15) is 0 Å². The van der Waals surface area contributed by atoms with E-state index in [0.29, 0.717) is 11.0 Å². The largest absolute Gasteiger partial charge is 0.508 e. The molecule has 0 radical (unpaired) electrons. The third-order valence-electron chi connectivity index (χ3n) is 2.02. The van der Waals surface area contributed by atoms with Crippen LogP contribution in [0.2, 0.25) is 0 Å². The van der Waals surface area contributed by atoms with Crippen molar-refractivity contribution in [2.24, 2.45) is 0 Å². The number of aromatic hydroxyl groups is 1. The van der Waals surface area contributed by atoms with E-state index in [9.17, 15) is 9.50 Å². The Labute approximate surface area is 80.1 Å². The zero-order valence-corrected chi connectivity index (χ0v) is 7.91. The molecule has 0 bridgehead atoms. The van der Waals surface area contributed by atoms with Crippen LogP contribution in [0.1, 0.15) is 19.5 Å². The number of hydrogen-bond acceptors (Lipinski definition) is 3. The minimum atomic E-state index is -1.57. The number of halogens is 1. The SMILES string of the molecule is CC(C)(F)c1noc2ccc(O)cc12. The van der Waals surface area contributed by atoms with Gasteiger partial charge < -0.3 is 9.63 Å². The van der Waals surface area contributed by atoms with Crippen LogP contribution < -0.4 is 0 Å². The van der Waals surface area contributed by atoms with Crippen LogP contribution in [-0.4, -0.2) is 10.3 Å². The Kier molecular flexibility index (Phi) is 1.74. The zero-order chi connectivity index (χ0) is 10.3. The molecular weight excluding hydrogens is 185 g/mol. The van der Waals surface area contributed by atoms with Crippen LogP contribution in [0.4, 0.5) is 4.39 Å². The molecule has 0 saturated carbocycles. The predicted octanol–water partition coefficient (Wildman–Crippen LogP) is 2.74. The van der Waals surface area contributed by atoms with Gasteiger partial charge >= 0.3 is 0 Å². The fourth-order valence-corrected chi connectivity index (χ4v) is 1.36. The van der Waals surface area contributed by atoms with Gasteiger partial charge in [-0.25, -0.2) is 4.39 Å². The molecule has 0 aliphatic rings. The molecule has 1 N–H and O–H groups in total. The summed E-state index contributed by atoms with van der Waals surface area (Å²) in [6, 6.07) is 4.48. The molecule has 1 aromatic carbocycles. The van der Waals surface area contributed by atoms with Crippen LogP contribution in [0, 0.1) is 0 Å². The van der Waals surface area contributed by atoms with Crippen molar-refractivity contribution in [3.05, 3.63) is 23.9 Å². The van der Waals surface area contributed by atoms with Gasteiger partial charge in [0.15, 0.2) is 11.3 Å². The Bertz CT molecular complexity index is 470. The lowest BCUT2D eigenvalue weighted by Crippen LogP contribution is -2.09. The highest BCUT2D eigenvalue weighted by Gasteiger charge is 2.26. The van der Waals surface area contributed by atoms with Crippen molar-refractivity contribution in [3.8, 4) is 5.75 Å². The van der Waals surface area contributed by atoms with Crippen molar-refractivity contribution in [1.29, 1.82) is 0 Å². The van der Waals surface area contributed by atoms with Crippen molar-refractivity contribution in [2.75, 3.05) is 0 Å². The molecule has 14 heavy (non-hydrogen) atoms. The third-order valence-corrected chi connectivity index (χ3v) is 2.02. The number of alkyl halides is 1. The van der Waals surface area contributed by atoms with Gasteiger partial charge in [0, 0.05) is 0 Å². The lowest BCUT2D eigenvalue weighted by Gasteiger charge is -2.09. The van der Waals surface area contributed by atoms with E-state index in [-0.39, 0.29) is 11.4 Å². The number of phenols is 1. The van der Waals surface area contributed by atoms with E-state index in [1.807, 2.05) is 0 Å². The van der Waals surface area contributed by atoms with Crippen LogP contribution in [0.15, 0.2) is 22.7 Å². The number of benzene rings is 1. The van der Waals surface area contributed by atoms with Crippen LogP contribution >= 0.6 is 0 Å². The van der Waals surface area contributed by atoms with Crippen LogP contribution in [0.5, 0.6) is 5.75 Å². The summed E-state index contributed by atoms with van der Waals surface area (Å²) in [5, 5.41) is 13.4. The van der Waals surface area contributed by atoms with Gasteiger partial charge in [0.2, 0.25) is 0 Å². The second-order valence-corrected chi connectivity index (χ2v) is 3.68. The zero-order valence-electron chi connectivity index (χ0n) is 7.91. The van der Waals surface area contributed by atoms with Gasteiger partial charge in [-0.15, -0.1) is 0 Å². The molecule has 1 heterocycles. The predicted molar refractivity (Wildman–Crippen MR) is 49.8 cm³/mol. The Hall–Kier alpha value is -1.58. The molecule has 74 valence electrons. The molecule has 0 atom stereocenters. The van der Waals surface area contributed by atoms with E-state index in [2.05, 4.69) is 5.16 Å². The standard InChI is InChI=1S/C10H10FNO2/c1-10(2,11)9-7-5-6(13)3-4-8(7)14-12-9/h3-5,13H,1-2H3. The van der Waals surface area contributed by atoms with E-state index >= 15 is 0 Å². The molecule has 2 aromatic rings. The first-order chi connectivity index (χ1) is 6.48. The quantitative estimate of drug-likeness (QED) is 0.760. The van der Waals surface area contributed by atoms with Crippen molar-refractivity contribution < 1.29 is 14.0 Å². The van der Waals surface area contributed by atoms with E-state index in [0.717, 1.165) is 0 Å². The Morgan fingerprint density at radius 1 is 1.43 bits per heavy atom. The molecule has 0 fully saturated rings. The fraction of sp³-hybridized carbons (Fsp3) is 0.300. The highest BCUT2D eigenvalue weighted by atomic mass is 19.1. The molecule has 3 nitrogen and oxygen atoms in total. The summed E-state index contributed by atoms with van der Waals surface area (Å²) in [6.45, 7) is 2.79. The van der Waals surface area contributed by atoms with Gasteiger partial charge in [0.25, 0.3) is 0 Å². The van der Waals surface area contributed by atoms with Crippen molar-refractivity contribution in [2.45, 2.75) is 19.5 Å². The van der Waals surface area contributed by atoms with E-state index in [1.165, 1.54) is 26.0 Å². The fourth-order valence-electron chi connectivity index (χ4n) is 1.36. The number of aromatic nitrogens is 1. The third kappa shape index (κ3) is 1.32. The van der Waals surface area contributed by atoms with E-state index < -0.39 is 5.67 Å². The minimum Gasteiger partial charge on any atom is -0.508 e. The van der Waals surface area contributed by atoms with E-state index in [1.54, 1.807) is 6.07 Å². The summed E-state index contributed by atoms with van der Waals surface area (Å²) < 4.78 is 18.5. The highest BCUT2D eigenvalue weighted by molar-refractivity contribution is 5.81. The minimum absolute atomic E-state index is 0.0752. The van der Waals surface area contributed by atoms with Crippen molar-refractivity contribution in [1.82, 2.24) is 5.16 Å². The number of rotatable bonds is 1. The average molecular weight is 195 g/mol. The van der Waals surface area contributed by atoms with Gasteiger partial charge in [-0.05, 0) is 32.0 Å². The van der Waals surface area contributed by atoms with Gasteiger partial charge in [-0.1, -0.05) is 5.16 Å². The molecule has 0 spiro atoms. The van der Waals surface area contributed by atoms with Gasteiger partial charge in [-0.3, -0.25) is 0 Å². The average Bonchev–Trinajstić information content (AvgIpc) is 2.45. The first kappa shape index (κ1) is 8.99. The summed E-state index contributed by atoms with van der Waals surface area (Å²) in [5.74, 6) is 0.0752. The van der Waals surface area contributed by atoms with Crippen LogP contribution in [0.3, 0.4) is 0 Å². The van der Waals surface area contributed by atoms with Gasteiger partial charge in [0.05, 0.1) is 5.39 Å². The lowest BCUT2D eigenvalue weighted by molar-refractivity contribution is 0.207. The molecule has 0 amide bonds. The van der Waals surface area contributed by atoms with Crippen molar-refractivity contribution >= 4 is 11.0 Å². The molecule has 1 aromatic heterocycles. The van der Waals surface area contributed by atoms with Gasteiger partial charge in [0.1, 0.15) is 11.4 Å². The Morgan fingerprint density at radius 3 is 2.79 bits per heavy atom. The smallest absolute Gasteiger partial charge is 0.167 e. The summed E-state index contributed by atoms with van der Waals surface area (Å²) in [7, 11) is 0. The second kappa shape index (κ2) is 2.70. The normalized spacial score (nSPS) is 12.2. The number of fused-ring (bicyclic) bond motifs is 1. The maximum atomic E-state index is 13.6. The molecule has 0 unspecified atom stereocenters. The van der Waals surface area contributed by atoms with Crippen molar-refractivity contribution in [3.63, 3.8) is 0 Å². The first-order valence-electron chi connectivity index (χ1n) is 4.26. The first-order valence-corrected chi connectivity index (χ1v) is 4.26. The second-order valence-electron chi connectivity index (χ2n) is 3.68. The lowest BCUT2D eigenvalue weighted by atomic mass is 10.0. The monoisotopic (exact) mass is 195 g/mol. The summed E-state index contributed by atoms with van der Waals surface area (Å²) in [5.41, 5.74) is -0.883. The summed E-state index contributed by atoms with van der Waals surface area (Å²) in [4.78, 5) is 0. The number of nitrogens with zero attached hydrogens (tertiary/aromatic N) is 1. The van der Waals surface area contributed by atoms with Crippen LogP contribution in [0.25, 0.3) is 11.0 Å². The molecule has 0 aliphatic heterocycles. The highest BCUT2D eigenvalue weighted by Crippen LogP contribution is 2.32. The van der Waals surface area contributed by atoms with E-state index in [4.69, 9.17) is 4.52 Å². The number of hydrogen-bond donors (Lipinski definition) is 1. The molecule has 0 aliphatic carbocycles. The molecule has 2 rings (SSSR count). The topological polar surface area (TPSA) is 46.3 Å².